The van der Waals surface area contributed by atoms with Crippen molar-refractivity contribution in [3.05, 3.63) is 0 Å². The number of carboxylic acids is 1. The van der Waals surface area contributed by atoms with Crippen LogP contribution in [0.4, 0.5) is 18.0 Å². The van der Waals surface area contributed by atoms with Crippen LogP contribution in [0.3, 0.4) is 0 Å². The summed E-state index contributed by atoms with van der Waals surface area (Å²) in [6, 6.07) is -1.28. The zero-order valence-electron chi connectivity index (χ0n) is 11.7. The third-order valence-electron chi connectivity index (χ3n) is 2.06. The first-order valence-corrected chi connectivity index (χ1v) is 6.12. The molecule has 0 aromatic rings. The quantitative estimate of drug-likeness (QED) is 0.639. The van der Waals surface area contributed by atoms with E-state index in [2.05, 4.69) is 10.6 Å². The highest BCUT2D eigenvalue weighted by molar-refractivity contribution is 5.81. The van der Waals surface area contributed by atoms with Crippen molar-refractivity contribution in [1.82, 2.24) is 15.5 Å². The second kappa shape index (κ2) is 8.32. The maximum atomic E-state index is 12.2. The Balaban J connectivity index is 4.35. The van der Waals surface area contributed by atoms with Crippen LogP contribution in [0.25, 0.3) is 0 Å². The highest BCUT2D eigenvalue weighted by Gasteiger charge is 2.33. The summed E-state index contributed by atoms with van der Waals surface area (Å²) in [6.45, 7) is 0.515. The van der Waals surface area contributed by atoms with Crippen molar-refractivity contribution in [2.24, 2.45) is 0 Å². The number of carbonyl (C=O) groups is 3. The van der Waals surface area contributed by atoms with Crippen molar-refractivity contribution in [2.75, 3.05) is 19.6 Å². The number of carbonyl (C=O) groups excluding carboxylic acids is 2. The normalized spacial score (nSPS) is 11.1. The fraction of sp³-hybridized carbons (Fsp3) is 0.727. The molecule has 0 aromatic carbocycles. The van der Waals surface area contributed by atoms with E-state index in [1.165, 1.54) is 0 Å². The van der Waals surface area contributed by atoms with Gasteiger partial charge in [0.05, 0.1) is 0 Å². The zero-order chi connectivity index (χ0) is 16.6. The van der Waals surface area contributed by atoms with Gasteiger partial charge in [-0.3, -0.25) is 9.59 Å². The number of aliphatic carboxylic acids is 1. The van der Waals surface area contributed by atoms with Crippen LogP contribution in [0.5, 0.6) is 0 Å². The molecule has 0 fully saturated rings. The monoisotopic (exact) mass is 313 g/mol. The minimum absolute atomic E-state index is 0.0954. The average molecular weight is 313 g/mol. The van der Waals surface area contributed by atoms with E-state index in [1.807, 2.05) is 0 Å². The smallest absolute Gasteiger partial charge is 0.406 e. The Bertz CT molecular complexity index is 385. The van der Waals surface area contributed by atoms with Gasteiger partial charge in [-0.15, -0.1) is 0 Å². The van der Waals surface area contributed by atoms with Crippen molar-refractivity contribution in [3.63, 3.8) is 0 Å². The summed E-state index contributed by atoms with van der Waals surface area (Å²) in [6.07, 6.45) is -4.82. The second-order valence-corrected chi connectivity index (χ2v) is 4.57. The highest BCUT2D eigenvalue weighted by atomic mass is 19.4. The van der Waals surface area contributed by atoms with E-state index in [0.717, 1.165) is 0 Å². The van der Waals surface area contributed by atoms with Crippen molar-refractivity contribution in [2.45, 2.75) is 32.5 Å². The van der Waals surface area contributed by atoms with E-state index in [4.69, 9.17) is 5.11 Å². The summed E-state index contributed by atoms with van der Waals surface area (Å²) in [5.41, 5.74) is 0. The van der Waals surface area contributed by atoms with Crippen molar-refractivity contribution < 1.29 is 32.7 Å². The van der Waals surface area contributed by atoms with Gasteiger partial charge in [-0.2, -0.15) is 13.2 Å². The Labute approximate surface area is 119 Å². The largest absolute Gasteiger partial charge is 0.480 e. The molecule has 0 radical (unpaired) electrons. The summed E-state index contributed by atoms with van der Waals surface area (Å²) in [5, 5.41) is 13.1. The number of nitrogens with one attached hydrogen (secondary N) is 2. The van der Waals surface area contributed by atoms with Crippen molar-refractivity contribution >= 4 is 17.9 Å². The number of hydrogen-bond donors (Lipinski definition) is 3. The molecule has 0 atom stereocenters. The van der Waals surface area contributed by atoms with Crippen LogP contribution in [0.2, 0.25) is 0 Å². The van der Waals surface area contributed by atoms with Gasteiger partial charge >= 0.3 is 18.2 Å². The third kappa shape index (κ3) is 10.4. The van der Waals surface area contributed by atoms with Crippen LogP contribution in [0.1, 0.15) is 20.3 Å². The molecule has 0 rings (SSSR count). The number of urea groups is 1. The summed E-state index contributed by atoms with van der Waals surface area (Å²) >= 11 is 0. The topological polar surface area (TPSA) is 98.7 Å². The number of nitrogens with zero attached hydrogens (tertiary/aromatic N) is 1. The zero-order valence-corrected chi connectivity index (χ0v) is 11.7. The fourth-order valence-corrected chi connectivity index (χ4v) is 1.37. The summed E-state index contributed by atoms with van der Waals surface area (Å²) in [5.74, 6) is -1.93. The molecule has 0 aliphatic rings. The molecule has 0 unspecified atom stereocenters. The van der Waals surface area contributed by atoms with E-state index >= 15 is 0 Å². The molecule has 0 saturated carbocycles. The van der Waals surface area contributed by atoms with Crippen LogP contribution >= 0.6 is 0 Å². The molecule has 7 nitrogen and oxygen atoms in total. The number of halogens is 3. The van der Waals surface area contributed by atoms with Crippen LogP contribution in [-0.2, 0) is 9.59 Å². The van der Waals surface area contributed by atoms with Gasteiger partial charge in [-0.25, -0.2) is 4.79 Å². The molecule has 0 aliphatic heterocycles. The predicted molar refractivity (Wildman–Crippen MR) is 66.6 cm³/mol. The second-order valence-electron chi connectivity index (χ2n) is 4.57. The average Bonchev–Trinajstić information content (AvgIpc) is 2.24. The van der Waals surface area contributed by atoms with Crippen LogP contribution in [0, 0.1) is 0 Å². The Morgan fingerprint density at radius 1 is 1.24 bits per heavy atom. The standard InChI is InChI=1S/C11H18F3N3O4/c1-7(2)16-8(18)3-4-15-10(21)17(5-9(19)20)6-11(12,13)14/h7H,3-6H2,1-2H3,(H,15,21)(H,16,18)(H,19,20). The lowest BCUT2D eigenvalue weighted by molar-refractivity contribution is -0.149. The van der Waals surface area contributed by atoms with E-state index in [9.17, 15) is 27.6 Å². The van der Waals surface area contributed by atoms with Crippen molar-refractivity contribution in [1.29, 1.82) is 0 Å². The molecular weight excluding hydrogens is 295 g/mol. The van der Waals surface area contributed by atoms with E-state index in [1.54, 1.807) is 13.8 Å². The molecule has 0 heterocycles. The minimum Gasteiger partial charge on any atom is -0.480 e. The van der Waals surface area contributed by atoms with Gasteiger partial charge in [0.25, 0.3) is 0 Å². The predicted octanol–water partition coefficient (Wildman–Crippen LogP) is 0.560. The molecule has 122 valence electrons. The first-order valence-electron chi connectivity index (χ1n) is 6.12. The number of alkyl halides is 3. The maximum Gasteiger partial charge on any atom is 0.406 e. The Hall–Kier alpha value is -2.00. The van der Waals surface area contributed by atoms with Gasteiger partial charge in [-0.05, 0) is 13.8 Å². The van der Waals surface area contributed by atoms with Gasteiger partial charge in [0, 0.05) is 19.0 Å². The summed E-state index contributed by atoms with van der Waals surface area (Å²) in [7, 11) is 0. The van der Waals surface area contributed by atoms with E-state index < -0.39 is 31.3 Å². The highest BCUT2D eigenvalue weighted by Crippen LogP contribution is 2.16. The summed E-state index contributed by atoms with van der Waals surface area (Å²) in [4.78, 5) is 33.3. The molecule has 21 heavy (non-hydrogen) atoms. The lowest BCUT2D eigenvalue weighted by Gasteiger charge is -2.22. The molecule has 3 amide bonds. The van der Waals surface area contributed by atoms with Crippen LogP contribution in [-0.4, -0.2) is 59.8 Å². The van der Waals surface area contributed by atoms with Crippen LogP contribution < -0.4 is 10.6 Å². The summed E-state index contributed by atoms with van der Waals surface area (Å²) < 4.78 is 36.7. The lowest BCUT2D eigenvalue weighted by atomic mass is 10.3. The SMILES string of the molecule is CC(C)NC(=O)CCNC(=O)N(CC(=O)O)CC(F)(F)F. The first-order chi connectivity index (χ1) is 9.51. The van der Waals surface area contributed by atoms with Gasteiger partial charge < -0.3 is 20.6 Å². The van der Waals surface area contributed by atoms with E-state index in [-0.39, 0.29) is 29.8 Å². The van der Waals surface area contributed by atoms with Gasteiger partial charge in [0.2, 0.25) is 5.91 Å². The third-order valence-corrected chi connectivity index (χ3v) is 2.06. The Morgan fingerprint density at radius 2 is 1.81 bits per heavy atom. The Morgan fingerprint density at radius 3 is 2.24 bits per heavy atom. The molecule has 0 saturated heterocycles. The van der Waals surface area contributed by atoms with Crippen molar-refractivity contribution in [3.8, 4) is 0 Å². The molecule has 3 N–H and O–H groups in total. The minimum atomic E-state index is -4.71. The van der Waals surface area contributed by atoms with E-state index in [0.29, 0.717) is 0 Å². The lowest BCUT2D eigenvalue weighted by Crippen LogP contribution is -2.47. The number of hydrogen-bond acceptors (Lipinski definition) is 3. The molecule has 10 heteroatoms. The number of rotatable bonds is 7. The van der Waals surface area contributed by atoms with Gasteiger partial charge in [-0.1, -0.05) is 0 Å². The van der Waals surface area contributed by atoms with Gasteiger partial charge in [0.15, 0.2) is 0 Å². The number of amides is 3. The van der Waals surface area contributed by atoms with Crippen LogP contribution in [0.15, 0.2) is 0 Å². The molecule has 0 aromatic heterocycles. The maximum absolute atomic E-state index is 12.2. The molecule has 0 bridgehead atoms. The number of carboxylic acid groups (broad SMARTS) is 1. The molecule has 0 spiro atoms. The fourth-order valence-electron chi connectivity index (χ4n) is 1.37. The Kier molecular flexibility index (Phi) is 7.53. The molecule has 0 aliphatic carbocycles. The van der Waals surface area contributed by atoms with Gasteiger partial charge in [0.1, 0.15) is 13.1 Å². The molecular formula is C11H18F3N3O4. The first kappa shape index (κ1) is 19.0.